The van der Waals surface area contributed by atoms with Gasteiger partial charge in [0.2, 0.25) is 5.95 Å². The van der Waals surface area contributed by atoms with E-state index in [1.165, 1.54) is 39.2 Å². The van der Waals surface area contributed by atoms with E-state index in [-0.39, 0.29) is 11.6 Å². The van der Waals surface area contributed by atoms with Crippen LogP contribution >= 0.6 is 11.8 Å². The summed E-state index contributed by atoms with van der Waals surface area (Å²) in [5.41, 5.74) is 5.48. The van der Waals surface area contributed by atoms with E-state index in [2.05, 4.69) is 63.6 Å². The minimum atomic E-state index is -0.624. The lowest BCUT2D eigenvalue weighted by Crippen LogP contribution is -2.39. The highest BCUT2D eigenvalue weighted by Crippen LogP contribution is 2.26. The molecule has 1 atom stereocenters. The van der Waals surface area contributed by atoms with Gasteiger partial charge in [-0.3, -0.25) is 15.0 Å². The van der Waals surface area contributed by atoms with Crippen LogP contribution in [0.5, 0.6) is 0 Å². The number of carbonyl (C=O) groups excluding carboxylic acids is 1. The number of amides is 1. The zero-order chi connectivity index (χ0) is 21.4. The number of benzene rings is 2. The molecule has 8 heteroatoms. The van der Waals surface area contributed by atoms with Crippen LogP contribution in [-0.2, 0) is 0 Å². The van der Waals surface area contributed by atoms with Crippen molar-refractivity contribution in [3.05, 3.63) is 71.0 Å². The molecule has 156 valence electrons. The first-order valence-electron chi connectivity index (χ1n) is 10.0. The Bertz CT molecular complexity index is 1280. The van der Waals surface area contributed by atoms with Crippen molar-refractivity contribution in [3.63, 3.8) is 0 Å². The third-order valence-corrected chi connectivity index (χ3v) is 6.49. The molecule has 0 spiro atoms. The monoisotopic (exact) mass is 431 g/mol. The van der Waals surface area contributed by atoms with Crippen LogP contribution in [0.15, 0.2) is 64.7 Å². The summed E-state index contributed by atoms with van der Waals surface area (Å²) < 4.78 is 0. The number of nitrogens with zero attached hydrogens (tertiary/aromatic N) is 4. The van der Waals surface area contributed by atoms with Crippen LogP contribution < -0.4 is 21.0 Å². The molecular weight excluding hydrogens is 410 g/mol. The van der Waals surface area contributed by atoms with Crippen molar-refractivity contribution in [2.24, 2.45) is 4.99 Å². The normalized spacial score (nSPS) is 17.0. The van der Waals surface area contributed by atoms with E-state index < -0.39 is 5.91 Å². The second kappa shape index (κ2) is 8.13. The molecule has 5 rings (SSSR count). The van der Waals surface area contributed by atoms with Crippen molar-refractivity contribution < 1.29 is 10.0 Å². The number of anilines is 1. The summed E-state index contributed by atoms with van der Waals surface area (Å²) in [6, 6.07) is 15.3. The molecule has 2 aliphatic heterocycles. The van der Waals surface area contributed by atoms with Crippen LogP contribution in [0.2, 0.25) is 0 Å². The predicted octanol–water partition coefficient (Wildman–Crippen LogP) is 2.05. The zero-order valence-electron chi connectivity index (χ0n) is 16.9. The molecule has 0 bridgehead atoms. The van der Waals surface area contributed by atoms with E-state index in [0.717, 1.165) is 18.3 Å². The summed E-state index contributed by atoms with van der Waals surface area (Å²) in [4.78, 5) is 28.4. The maximum atomic E-state index is 11.5. The summed E-state index contributed by atoms with van der Waals surface area (Å²) in [5.74, 6) is -0.0565. The highest BCUT2D eigenvalue weighted by atomic mass is 32.2. The minimum Gasteiger partial charge on any atom is -0.337 e. The van der Waals surface area contributed by atoms with Gasteiger partial charge in [0, 0.05) is 35.6 Å². The number of hydroxylamine groups is 1. The van der Waals surface area contributed by atoms with Gasteiger partial charge in [0.15, 0.2) is 0 Å². The minimum absolute atomic E-state index is 0.193. The molecule has 0 aliphatic carbocycles. The number of carbonyl (C=O) groups is 1. The number of piperidine rings is 1. The standard InChI is InChI=1S/C23H21N5O2S/c1-31-17-4-2-3-14(9-17)15-5-6-20-18(10-15)19-13-28(8-7-21(19)26-20)23-24-11-16(12-25-23)22(29)27-30/h2-6,9-12,21,30H,7-8,13H2,1H3,(H,27,29). The molecule has 2 aromatic carbocycles. The number of hydrogen-bond donors (Lipinski definition) is 2. The van der Waals surface area contributed by atoms with E-state index in [9.17, 15) is 4.79 Å². The maximum Gasteiger partial charge on any atom is 0.277 e. The maximum absolute atomic E-state index is 11.5. The molecular formula is C23H21N5O2S. The zero-order valence-corrected chi connectivity index (χ0v) is 17.8. The number of aromatic nitrogens is 2. The Labute approximate surface area is 183 Å². The van der Waals surface area contributed by atoms with Gasteiger partial charge < -0.3 is 4.90 Å². The molecule has 3 heterocycles. The van der Waals surface area contributed by atoms with E-state index in [4.69, 9.17) is 10.2 Å². The van der Waals surface area contributed by atoms with Crippen molar-refractivity contribution in [2.75, 3.05) is 24.2 Å². The fraction of sp³-hybridized carbons (Fsp3) is 0.217. The third kappa shape index (κ3) is 3.68. The van der Waals surface area contributed by atoms with E-state index in [0.29, 0.717) is 12.5 Å². The van der Waals surface area contributed by atoms with Crippen LogP contribution in [0.4, 0.5) is 5.95 Å². The van der Waals surface area contributed by atoms with Crippen molar-refractivity contribution in [3.8, 4) is 11.1 Å². The molecule has 1 unspecified atom stereocenters. The smallest absolute Gasteiger partial charge is 0.277 e. The van der Waals surface area contributed by atoms with E-state index in [1.807, 2.05) is 0 Å². The van der Waals surface area contributed by atoms with Gasteiger partial charge >= 0.3 is 0 Å². The number of rotatable bonds is 4. The first kappa shape index (κ1) is 19.7. The van der Waals surface area contributed by atoms with Crippen LogP contribution in [0, 0.1) is 0 Å². The Kier molecular flexibility index (Phi) is 5.17. The van der Waals surface area contributed by atoms with Crippen molar-refractivity contribution in [2.45, 2.75) is 17.4 Å². The lowest BCUT2D eigenvalue weighted by Gasteiger charge is -2.31. The lowest BCUT2D eigenvalue weighted by molar-refractivity contribution is 0.0705. The fourth-order valence-electron chi connectivity index (χ4n) is 4.14. The molecule has 1 saturated heterocycles. The van der Waals surface area contributed by atoms with Gasteiger partial charge in [-0.2, -0.15) is 0 Å². The summed E-state index contributed by atoms with van der Waals surface area (Å²) in [5, 5.41) is 11.0. The summed E-state index contributed by atoms with van der Waals surface area (Å²) in [6.07, 6.45) is 5.83. The number of fused-ring (bicyclic) bond motifs is 2. The molecule has 2 aliphatic rings. The predicted molar refractivity (Wildman–Crippen MR) is 120 cm³/mol. The average molecular weight is 432 g/mol. The molecule has 3 aromatic rings. The molecule has 0 saturated carbocycles. The van der Waals surface area contributed by atoms with Crippen LogP contribution in [0.25, 0.3) is 16.7 Å². The Morgan fingerprint density at radius 1 is 1.16 bits per heavy atom. The molecule has 1 amide bonds. The summed E-state index contributed by atoms with van der Waals surface area (Å²) >= 11 is 1.74. The van der Waals surface area contributed by atoms with Gasteiger partial charge in [-0.25, -0.2) is 15.4 Å². The largest absolute Gasteiger partial charge is 0.337 e. The Morgan fingerprint density at radius 3 is 2.74 bits per heavy atom. The lowest BCUT2D eigenvalue weighted by atomic mass is 9.97. The van der Waals surface area contributed by atoms with Gasteiger partial charge in [-0.1, -0.05) is 18.2 Å². The highest BCUT2D eigenvalue weighted by molar-refractivity contribution is 7.98. The molecule has 0 radical (unpaired) electrons. The molecule has 1 aromatic heterocycles. The average Bonchev–Trinajstić information content (AvgIpc) is 3.20. The Balaban J connectivity index is 1.48. The highest BCUT2D eigenvalue weighted by Gasteiger charge is 2.28. The third-order valence-electron chi connectivity index (χ3n) is 5.76. The quantitative estimate of drug-likeness (QED) is 0.373. The topological polar surface area (TPSA) is 90.7 Å². The first-order valence-corrected chi connectivity index (χ1v) is 11.3. The van der Waals surface area contributed by atoms with Crippen LogP contribution in [0.3, 0.4) is 0 Å². The number of thioether (sulfide) groups is 1. The Morgan fingerprint density at radius 2 is 1.97 bits per heavy atom. The van der Waals surface area contributed by atoms with Gasteiger partial charge in [-0.15, -0.1) is 11.8 Å². The van der Waals surface area contributed by atoms with Crippen molar-refractivity contribution in [1.29, 1.82) is 0 Å². The number of nitrogens with one attached hydrogen (secondary N) is 1. The Hall–Kier alpha value is -3.23. The SMILES string of the molecule is CSc1cccc(-c2ccc3c(c2)=C2CN(c4ncc(C(=O)NO)cn4)CCC2N=3)c1. The van der Waals surface area contributed by atoms with Crippen molar-refractivity contribution >= 4 is 29.2 Å². The first-order chi connectivity index (χ1) is 15.2. The van der Waals surface area contributed by atoms with Crippen LogP contribution in [0.1, 0.15) is 16.8 Å². The van der Waals surface area contributed by atoms with Gasteiger partial charge in [0.1, 0.15) is 0 Å². The molecule has 1 fully saturated rings. The van der Waals surface area contributed by atoms with Gasteiger partial charge in [-0.05, 0) is 53.6 Å². The van der Waals surface area contributed by atoms with E-state index >= 15 is 0 Å². The van der Waals surface area contributed by atoms with Crippen LogP contribution in [-0.4, -0.2) is 46.5 Å². The van der Waals surface area contributed by atoms with Gasteiger partial charge in [0.25, 0.3) is 5.91 Å². The fourth-order valence-corrected chi connectivity index (χ4v) is 4.60. The number of hydrogen-bond acceptors (Lipinski definition) is 7. The second-order valence-corrected chi connectivity index (χ2v) is 8.44. The van der Waals surface area contributed by atoms with E-state index in [1.54, 1.807) is 17.2 Å². The van der Waals surface area contributed by atoms with Gasteiger partial charge in [0.05, 0.1) is 17.0 Å². The summed E-state index contributed by atoms with van der Waals surface area (Å²) in [7, 11) is 0. The summed E-state index contributed by atoms with van der Waals surface area (Å²) in [6.45, 7) is 1.49. The molecule has 7 nitrogen and oxygen atoms in total. The second-order valence-electron chi connectivity index (χ2n) is 7.56. The molecule has 31 heavy (non-hydrogen) atoms. The molecule has 2 N–H and O–H groups in total. The van der Waals surface area contributed by atoms with Crippen molar-refractivity contribution in [1.82, 2.24) is 15.4 Å².